The molecule has 0 radical (unpaired) electrons. The summed E-state index contributed by atoms with van der Waals surface area (Å²) in [5.74, 6) is 1.68. The minimum Gasteiger partial charge on any atom is -0.327 e. The first-order valence-electron chi connectivity index (χ1n) is 9.04. The third kappa shape index (κ3) is 2.99. The topological polar surface area (TPSA) is 38.1 Å². The first-order valence-corrected chi connectivity index (χ1v) is 9.42. The SMILES string of the molecule is CC(C)Cn1c([C@H]2CC(=O)N(c3ccccc3Cl)C2)nc2ccccc21. The first-order chi connectivity index (χ1) is 12.5. The molecule has 4 nitrogen and oxygen atoms in total. The molecule has 0 N–H and O–H groups in total. The standard InChI is InChI=1S/C21H22ClN3O/c1-14(2)12-25-19-10-6-4-8-17(19)23-21(25)15-11-20(26)24(13-15)18-9-5-3-7-16(18)22/h3-10,14-15H,11-13H2,1-2H3/t15-/m0/s1. The number of carbonyl (C=O) groups excluding carboxylic acids is 1. The first kappa shape index (κ1) is 17.1. The van der Waals surface area contributed by atoms with Gasteiger partial charge >= 0.3 is 0 Å². The molecule has 1 atom stereocenters. The summed E-state index contributed by atoms with van der Waals surface area (Å²) in [5.41, 5.74) is 2.92. The average Bonchev–Trinajstić information content (AvgIpc) is 3.16. The van der Waals surface area contributed by atoms with Gasteiger partial charge in [0.25, 0.3) is 0 Å². The summed E-state index contributed by atoms with van der Waals surface area (Å²) in [7, 11) is 0. The summed E-state index contributed by atoms with van der Waals surface area (Å²) in [6.07, 6.45) is 0.465. The number of nitrogens with zero attached hydrogens (tertiary/aromatic N) is 3. The van der Waals surface area contributed by atoms with Crippen LogP contribution in [-0.4, -0.2) is 22.0 Å². The minimum atomic E-state index is 0.0740. The van der Waals surface area contributed by atoms with Crippen molar-refractivity contribution in [1.82, 2.24) is 9.55 Å². The number of halogens is 1. The lowest BCUT2D eigenvalue weighted by atomic mass is 10.1. The summed E-state index contributed by atoms with van der Waals surface area (Å²) in [6.45, 7) is 5.92. The molecule has 26 heavy (non-hydrogen) atoms. The van der Waals surface area contributed by atoms with E-state index in [4.69, 9.17) is 16.6 Å². The van der Waals surface area contributed by atoms with E-state index in [1.807, 2.05) is 42.5 Å². The zero-order valence-electron chi connectivity index (χ0n) is 15.0. The highest BCUT2D eigenvalue weighted by Gasteiger charge is 2.35. The van der Waals surface area contributed by atoms with Crippen molar-refractivity contribution in [2.45, 2.75) is 32.7 Å². The molecule has 0 unspecified atom stereocenters. The number of aromatic nitrogens is 2. The van der Waals surface area contributed by atoms with E-state index in [1.54, 1.807) is 4.90 Å². The maximum absolute atomic E-state index is 12.7. The second-order valence-electron chi connectivity index (χ2n) is 7.32. The van der Waals surface area contributed by atoms with Crippen molar-refractivity contribution < 1.29 is 4.79 Å². The predicted molar refractivity (Wildman–Crippen MR) is 106 cm³/mol. The summed E-state index contributed by atoms with van der Waals surface area (Å²) in [5, 5.41) is 0.609. The van der Waals surface area contributed by atoms with Gasteiger partial charge in [-0.3, -0.25) is 4.79 Å². The van der Waals surface area contributed by atoms with Crippen LogP contribution in [0.1, 0.15) is 32.0 Å². The summed E-state index contributed by atoms with van der Waals surface area (Å²) in [6, 6.07) is 15.7. The Kier molecular flexibility index (Phi) is 4.45. The number of fused-ring (bicyclic) bond motifs is 1. The highest BCUT2D eigenvalue weighted by molar-refractivity contribution is 6.33. The zero-order chi connectivity index (χ0) is 18.3. The summed E-state index contributed by atoms with van der Waals surface area (Å²) >= 11 is 6.31. The van der Waals surface area contributed by atoms with Crippen LogP contribution >= 0.6 is 11.6 Å². The largest absolute Gasteiger partial charge is 0.327 e. The van der Waals surface area contributed by atoms with E-state index >= 15 is 0 Å². The number of hydrogen-bond donors (Lipinski definition) is 0. The number of imidazole rings is 1. The van der Waals surface area contributed by atoms with Gasteiger partial charge in [0.1, 0.15) is 5.82 Å². The zero-order valence-corrected chi connectivity index (χ0v) is 15.8. The van der Waals surface area contributed by atoms with Crippen LogP contribution in [0.3, 0.4) is 0 Å². The fraction of sp³-hybridized carbons (Fsp3) is 0.333. The quantitative estimate of drug-likeness (QED) is 0.660. The summed E-state index contributed by atoms with van der Waals surface area (Å²) in [4.78, 5) is 19.4. The molecule has 1 aliphatic heterocycles. The summed E-state index contributed by atoms with van der Waals surface area (Å²) < 4.78 is 2.29. The molecule has 0 saturated carbocycles. The highest BCUT2D eigenvalue weighted by atomic mass is 35.5. The Morgan fingerprint density at radius 2 is 1.88 bits per heavy atom. The Hall–Kier alpha value is -2.33. The smallest absolute Gasteiger partial charge is 0.227 e. The van der Waals surface area contributed by atoms with Gasteiger partial charge in [-0.15, -0.1) is 0 Å². The second kappa shape index (κ2) is 6.76. The Labute approximate surface area is 158 Å². The van der Waals surface area contributed by atoms with Crippen molar-refractivity contribution in [3.8, 4) is 0 Å². The van der Waals surface area contributed by atoms with Crippen LogP contribution in [0.25, 0.3) is 11.0 Å². The molecule has 2 heterocycles. The molecule has 4 rings (SSSR count). The van der Waals surface area contributed by atoms with Crippen molar-refractivity contribution in [1.29, 1.82) is 0 Å². The molecular formula is C21H22ClN3O. The van der Waals surface area contributed by atoms with E-state index in [0.29, 0.717) is 23.9 Å². The molecule has 1 aliphatic rings. The van der Waals surface area contributed by atoms with Crippen LogP contribution in [0.4, 0.5) is 5.69 Å². The van der Waals surface area contributed by atoms with Crippen molar-refractivity contribution in [2.24, 2.45) is 5.92 Å². The van der Waals surface area contributed by atoms with Gasteiger partial charge in [0.05, 0.1) is 21.7 Å². The third-order valence-electron chi connectivity index (χ3n) is 4.87. The van der Waals surface area contributed by atoms with Crippen LogP contribution in [0.15, 0.2) is 48.5 Å². The fourth-order valence-electron chi connectivity index (χ4n) is 3.75. The fourth-order valence-corrected chi connectivity index (χ4v) is 3.98. The van der Waals surface area contributed by atoms with Crippen LogP contribution in [0.5, 0.6) is 0 Å². The van der Waals surface area contributed by atoms with Crippen LogP contribution in [0.2, 0.25) is 5.02 Å². The lowest BCUT2D eigenvalue weighted by Gasteiger charge is -2.19. The van der Waals surface area contributed by atoms with Crippen molar-refractivity contribution >= 4 is 34.2 Å². The van der Waals surface area contributed by atoms with Gasteiger partial charge in [0.2, 0.25) is 5.91 Å². The van der Waals surface area contributed by atoms with Gasteiger partial charge < -0.3 is 9.47 Å². The monoisotopic (exact) mass is 367 g/mol. The van der Waals surface area contributed by atoms with Crippen LogP contribution in [-0.2, 0) is 11.3 Å². The van der Waals surface area contributed by atoms with Gasteiger partial charge in [0.15, 0.2) is 0 Å². The third-order valence-corrected chi connectivity index (χ3v) is 5.18. The molecule has 5 heteroatoms. The molecule has 1 amide bonds. The molecule has 3 aromatic rings. The number of carbonyl (C=O) groups is 1. The molecule has 2 aromatic carbocycles. The van der Waals surface area contributed by atoms with E-state index in [9.17, 15) is 4.79 Å². The van der Waals surface area contributed by atoms with Gasteiger partial charge in [-0.2, -0.15) is 0 Å². The van der Waals surface area contributed by atoms with Crippen molar-refractivity contribution in [3.05, 3.63) is 59.4 Å². The molecular weight excluding hydrogens is 346 g/mol. The van der Waals surface area contributed by atoms with Gasteiger partial charge in [-0.05, 0) is 30.2 Å². The van der Waals surface area contributed by atoms with E-state index < -0.39 is 0 Å². The highest BCUT2D eigenvalue weighted by Crippen LogP contribution is 2.36. The lowest BCUT2D eigenvalue weighted by Crippen LogP contribution is -2.25. The van der Waals surface area contributed by atoms with Crippen LogP contribution < -0.4 is 4.90 Å². The Morgan fingerprint density at radius 1 is 1.15 bits per heavy atom. The normalized spacial score (nSPS) is 17.6. The number of hydrogen-bond acceptors (Lipinski definition) is 2. The molecule has 1 aromatic heterocycles. The number of amides is 1. The van der Waals surface area contributed by atoms with Crippen molar-refractivity contribution in [2.75, 3.05) is 11.4 Å². The number of benzene rings is 2. The molecule has 0 aliphatic carbocycles. The van der Waals surface area contributed by atoms with E-state index in [0.717, 1.165) is 29.1 Å². The Balaban J connectivity index is 1.72. The minimum absolute atomic E-state index is 0.0740. The second-order valence-corrected chi connectivity index (χ2v) is 7.73. The Bertz CT molecular complexity index is 963. The molecule has 1 fully saturated rings. The molecule has 0 bridgehead atoms. The molecule has 0 spiro atoms. The van der Waals surface area contributed by atoms with Gasteiger partial charge in [-0.25, -0.2) is 4.98 Å². The van der Waals surface area contributed by atoms with Crippen LogP contribution in [0, 0.1) is 5.92 Å². The van der Waals surface area contributed by atoms with E-state index in [2.05, 4.69) is 24.5 Å². The van der Waals surface area contributed by atoms with Gasteiger partial charge in [0, 0.05) is 25.4 Å². The number of rotatable bonds is 4. The van der Waals surface area contributed by atoms with E-state index in [1.165, 1.54) is 0 Å². The molecule has 1 saturated heterocycles. The Morgan fingerprint density at radius 3 is 2.65 bits per heavy atom. The predicted octanol–water partition coefficient (Wildman–Crippen LogP) is 4.87. The molecule has 134 valence electrons. The maximum Gasteiger partial charge on any atom is 0.227 e. The average molecular weight is 368 g/mol. The van der Waals surface area contributed by atoms with E-state index in [-0.39, 0.29) is 11.8 Å². The maximum atomic E-state index is 12.7. The number of anilines is 1. The van der Waals surface area contributed by atoms with Crippen molar-refractivity contribution in [3.63, 3.8) is 0 Å². The van der Waals surface area contributed by atoms with Gasteiger partial charge in [-0.1, -0.05) is 49.7 Å². The lowest BCUT2D eigenvalue weighted by molar-refractivity contribution is -0.117. The number of para-hydroxylation sites is 3.